The van der Waals surface area contributed by atoms with Crippen LogP contribution in [0.4, 0.5) is 4.39 Å². The predicted molar refractivity (Wildman–Crippen MR) is 66.5 cm³/mol. The van der Waals surface area contributed by atoms with Gasteiger partial charge in [0.05, 0.1) is 25.7 Å². The third kappa shape index (κ3) is 4.57. The van der Waals surface area contributed by atoms with Crippen molar-refractivity contribution in [1.82, 2.24) is 5.32 Å². The molecule has 1 aromatic rings. The van der Waals surface area contributed by atoms with Crippen molar-refractivity contribution in [3.8, 4) is 5.75 Å². The molecule has 19 heavy (non-hydrogen) atoms. The van der Waals surface area contributed by atoms with E-state index in [0.29, 0.717) is 12.4 Å². The molecule has 0 unspecified atom stereocenters. The number of amides is 1. The van der Waals surface area contributed by atoms with Gasteiger partial charge in [-0.2, -0.15) is 0 Å². The number of carbonyl (C=O) groups excluding carboxylic acids is 2. The highest BCUT2D eigenvalue weighted by Crippen LogP contribution is 2.15. The quantitative estimate of drug-likeness (QED) is 0.795. The topological polar surface area (TPSA) is 64.6 Å². The molecular weight excluding hydrogens is 253 g/mol. The Morgan fingerprint density at radius 1 is 1.37 bits per heavy atom. The Hall–Kier alpha value is -2.11. The number of rotatable bonds is 6. The molecule has 1 N–H and O–H groups in total. The Morgan fingerprint density at radius 2 is 2.11 bits per heavy atom. The van der Waals surface area contributed by atoms with Gasteiger partial charge in [-0.1, -0.05) is 0 Å². The molecule has 0 aliphatic rings. The summed E-state index contributed by atoms with van der Waals surface area (Å²) in [6, 6.07) is 3.94. The lowest BCUT2D eigenvalue weighted by atomic mass is 10.2. The van der Waals surface area contributed by atoms with Gasteiger partial charge in [-0.15, -0.1) is 0 Å². The van der Waals surface area contributed by atoms with Crippen LogP contribution in [0.15, 0.2) is 18.2 Å². The van der Waals surface area contributed by atoms with Crippen molar-refractivity contribution in [1.29, 1.82) is 0 Å². The number of nitrogens with one attached hydrogen (secondary N) is 1. The highest BCUT2D eigenvalue weighted by molar-refractivity contribution is 5.94. The Labute approximate surface area is 110 Å². The number of carbonyl (C=O) groups is 2. The molecule has 0 aliphatic carbocycles. The van der Waals surface area contributed by atoms with Crippen LogP contribution in [0, 0.1) is 5.82 Å². The molecule has 0 spiro atoms. The second-order valence-electron chi connectivity index (χ2n) is 3.66. The van der Waals surface area contributed by atoms with Crippen LogP contribution in [-0.2, 0) is 9.53 Å². The minimum Gasteiger partial charge on any atom is -0.497 e. The summed E-state index contributed by atoms with van der Waals surface area (Å²) in [5.41, 5.74) is -0.0929. The van der Waals surface area contributed by atoms with E-state index in [-0.39, 0.29) is 18.5 Å². The smallest absolute Gasteiger partial charge is 0.307 e. The maximum absolute atomic E-state index is 13.6. The molecule has 0 radical (unpaired) electrons. The minimum atomic E-state index is -0.673. The van der Waals surface area contributed by atoms with E-state index in [1.165, 1.54) is 19.2 Å². The largest absolute Gasteiger partial charge is 0.497 e. The summed E-state index contributed by atoms with van der Waals surface area (Å²) in [6.45, 7) is 2.09. The number of hydrogen-bond acceptors (Lipinski definition) is 4. The van der Waals surface area contributed by atoms with E-state index in [4.69, 9.17) is 9.47 Å². The third-order valence-electron chi connectivity index (χ3n) is 2.34. The van der Waals surface area contributed by atoms with Gasteiger partial charge in [-0.05, 0) is 19.1 Å². The zero-order chi connectivity index (χ0) is 14.3. The van der Waals surface area contributed by atoms with Crippen molar-refractivity contribution in [3.05, 3.63) is 29.6 Å². The molecule has 0 atom stereocenters. The normalized spacial score (nSPS) is 9.84. The van der Waals surface area contributed by atoms with Crippen LogP contribution in [0.3, 0.4) is 0 Å². The van der Waals surface area contributed by atoms with Gasteiger partial charge in [0.2, 0.25) is 0 Å². The molecule has 1 amide bonds. The number of methoxy groups -OCH3 is 1. The summed E-state index contributed by atoms with van der Waals surface area (Å²) in [5.74, 6) is -1.32. The van der Waals surface area contributed by atoms with Crippen molar-refractivity contribution < 1.29 is 23.5 Å². The molecule has 0 heterocycles. The zero-order valence-corrected chi connectivity index (χ0v) is 10.9. The van der Waals surface area contributed by atoms with Crippen LogP contribution in [0.1, 0.15) is 23.7 Å². The van der Waals surface area contributed by atoms with E-state index in [9.17, 15) is 14.0 Å². The van der Waals surface area contributed by atoms with Crippen molar-refractivity contribution in [2.45, 2.75) is 13.3 Å². The molecule has 104 valence electrons. The molecule has 0 saturated carbocycles. The van der Waals surface area contributed by atoms with E-state index in [2.05, 4.69) is 5.32 Å². The molecule has 0 bridgehead atoms. The maximum atomic E-state index is 13.6. The van der Waals surface area contributed by atoms with Crippen molar-refractivity contribution >= 4 is 11.9 Å². The van der Waals surface area contributed by atoms with Crippen molar-refractivity contribution in [3.63, 3.8) is 0 Å². The average molecular weight is 269 g/mol. The minimum absolute atomic E-state index is 0.0529. The monoisotopic (exact) mass is 269 g/mol. The highest BCUT2D eigenvalue weighted by atomic mass is 19.1. The number of halogens is 1. The second kappa shape index (κ2) is 7.35. The second-order valence-corrected chi connectivity index (χ2v) is 3.66. The Kier molecular flexibility index (Phi) is 5.78. The third-order valence-corrected chi connectivity index (χ3v) is 2.34. The number of hydrogen-bond donors (Lipinski definition) is 1. The molecular formula is C13H16FNO4. The maximum Gasteiger partial charge on any atom is 0.307 e. The molecule has 6 heteroatoms. The summed E-state index contributed by atoms with van der Waals surface area (Å²) in [7, 11) is 1.41. The van der Waals surface area contributed by atoms with E-state index >= 15 is 0 Å². The Bertz CT molecular complexity index is 462. The van der Waals surface area contributed by atoms with Gasteiger partial charge in [0.15, 0.2) is 0 Å². The van der Waals surface area contributed by atoms with Gasteiger partial charge in [0.25, 0.3) is 5.91 Å². The number of benzene rings is 1. The first-order chi connectivity index (χ1) is 9.08. The Balaban J connectivity index is 2.52. The summed E-state index contributed by atoms with van der Waals surface area (Å²) in [4.78, 5) is 22.7. The van der Waals surface area contributed by atoms with E-state index in [1.54, 1.807) is 6.92 Å². The van der Waals surface area contributed by atoms with Crippen molar-refractivity contribution in [2.75, 3.05) is 20.3 Å². The molecule has 0 aromatic heterocycles. The Morgan fingerprint density at radius 3 is 2.68 bits per heavy atom. The van der Waals surface area contributed by atoms with Crippen LogP contribution >= 0.6 is 0 Å². The van der Waals surface area contributed by atoms with Crippen LogP contribution in [0.25, 0.3) is 0 Å². The van der Waals surface area contributed by atoms with Gasteiger partial charge in [-0.3, -0.25) is 9.59 Å². The zero-order valence-electron chi connectivity index (χ0n) is 10.9. The van der Waals surface area contributed by atoms with Crippen LogP contribution < -0.4 is 10.1 Å². The fourth-order valence-corrected chi connectivity index (χ4v) is 1.41. The lowest BCUT2D eigenvalue weighted by Gasteiger charge is -2.07. The molecule has 1 rings (SSSR count). The van der Waals surface area contributed by atoms with E-state index < -0.39 is 17.7 Å². The summed E-state index contributed by atoms with van der Waals surface area (Å²) >= 11 is 0. The SMILES string of the molecule is CCOC(=O)CCNC(=O)c1ccc(OC)cc1F. The summed E-state index contributed by atoms with van der Waals surface area (Å²) in [5, 5.41) is 2.45. The lowest BCUT2D eigenvalue weighted by molar-refractivity contribution is -0.142. The molecule has 5 nitrogen and oxygen atoms in total. The van der Waals surface area contributed by atoms with Crippen molar-refractivity contribution in [2.24, 2.45) is 0 Å². The first kappa shape index (κ1) is 14.9. The van der Waals surface area contributed by atoms with E-state index in [0.717, 1.165) is 6.07 Å². The molecule has 0 aliphatic heterocycles. The predicted octanol–water partition coefficient (Wildman–Crippen LogP) is 1.52. The van der Waals surface area contributed by atoms with Gasteiger partial charge in [0, 0.05) is 12.6 Å². The number of esters is 1. The first-order valence-electron chi connectivity index (χ1n) is 5.85. The van der Waals surface area contributed by atoms with Gasteiger partial charge in [-0.25, -0.2) is 4.39 Å². The van der Waals surface area contributed by atoms with Gasteiger partial charge in [0.1, 0.15) is 11.6 Å². The summed E-state index contributed by atoms with van der Waals surface area (Å²) < 4.78 is 23.1. The molecule has 1 aromatic carbocycles. The van der Waals surface area contributed by atoms with Crippen LogP contribution in [0.5, 0.6) is 5.75 Å². The van der Waals surface area contributed by atoms with Crippen LogP contribution in [-0.4, -0.2) is 32.1 Å². The summed E-state index contributed by atoms with van der Waals surface area (Å²) in [6.07, 6.45) is 0.0529. The highest BCUT2D eigenvalue weighted by Gasteiger charge is 2.12. The fraction of sp³-hybridized carbons (Fsp3) is 0.385. The van der Waals surface area contributed by atoms with E-state index in [1.807, 2.05) is 0 Å². The van der Waals surface area contributed by atoms with Crippen LogP contribution in [0.2, 0.25) is 0 Å². The molecule has 0 saturated heterocycles. The van der Waals surface area contributed by atoms with Gasteiger partial charge >= 0.3 is 5.97 Å². The van der Waals surface area contributed by atoms with Gasteiger partial charge < -0.3 is 14.8 Å². The molecule has 0 fully saturated rings. The lowest BCUT2D eigenvalue weighted by Crippen LogP contribution is -2.27. The standard InChI is InChI=1S/C13H16FNO4/c1-3-19-12(16)6-7-15-13(17)10-5-4-9(18-2)8-11(10)14/h4-5,8H,3,6-7H2,1-2H3,(H,15,17). The first-order valence-corrected chi connectivity index (χ1v) is 5.85. The fourth-order valence-electron chi connectivity index (χ4n) is 1.41. The average Bonchev–Trinajstić information content (AvgIpc) is 2.38. The number of ether oxygens (including phenoxy) is 2.